The van der Waals surface area contributed by atoms with Crippen LogP contribution in [0.4, 0.5) is 0 Å². The standard InChI is InChI=1S/C7H15NO3P2.2C7H13NO2P2.C6H14N2O3P2.C5H12N2O3P2.2C4H8O2P2.2C3H7NO.4BrH.6Li.4H2O/c1-2-6(10)3-5(4-9)7(11)8-13-12;1-3-7(10)8-5(2)6(9)4-12-11;1-3-6(9)4-5(2)7(10)8-12-11;1-3-4(9)7-6(2,11)5(10)8-13-12;1-3(8)6-5(2,10)4(9)7-12-11;2*1-3(5)4(6)2-8-7;2*1-2-3(4)5;;;;;;;;;;;;;;/h5,9,13H,2-4,12H2,1H3,(H,8,11);12H,3-4,11H2,1-2H3;12H,2-4,11H2,1H3,(H,8,10);11,13H,3,12H2,1-2H3,(H,7,9)(H,8,10);10,12H,11H2,1-2H3,(H,6,8)(H,7,9);2*8H,2,7H2,1H3;2*2H2,1H3,(H2,4,5);4*1H;;;;;;;4*1H2/q;;;;;;;;;;;;;6*+1;;;;/p-4. The van der Waals surface area contributed by atoms with E-state index in [9.17, 15) is 82.4 Å². The number of nitrogens with one attached hydrogen (secondary N) is 8. The molecule has 0 aliphatic rings. The molecule has 0 radical (unpaired) electrons. The van der Waals surface area contributed by atoms with Gasteiger partial charge in [0.15, 0.2) is 5.78 Å². The van der Waals surface area contributed by atoms with Crippen molar-refractivity contribution in [2.75, 3.05) is 25.1 Å². The van der Waals surface area contributed by atoms with Crippen LogP contribution in [0.1, 0.15) is 134 Å². The van der Waals surface area contributed by atoms with Gasteiger partial charge in [0, 0.05) is 84.1 Å². The van der Waals surface area contributed by atoms with E-state index in [1.165, 1.54) is 34.6 Å². The molecular weight excluding hydrogens is 1840 g/mol. The second kappa shape index (κ2) is 116. The first-order chi connectivity index (χ1) is 40.6. The summed E-state index contributed by atoms with van der Waals surface area (Å²) >= 11 is 0. The minimum atomic E-state index is -1.82. The van der Waals surface area contributed by atoms with E-state index < -0.39 is 41.0 Å². The Morgan fingerprint density at radius 3 is 1.15 bits per heavy atom. The number of Topliss-reactive ketones (excluding diaryl/α,β-unsaturated/α-hetero) is 6. The molecule has 0 saturated carbocycles. The minimum absolute atomic E-state index is 0. The summed E-state index contributed by atoms with van der Waals surface area (Å²) in [4.78, 5) is 161. The first-order valence-electron chi connectivity index (χ1n) is 25.6. The summed E-state index contributed by atoms with van der Waals surface area (Å²) in [6.07, 6.45) is 3.97. The summed E-state index contributed by atoms with van der Waals surface area (Å²) in [5, 5.41) is 57.5. The number of carbonyl (C=O) groups excluding carboxylic acids is 15. The van der Waals surface area contributed by atoms with Crippen molar-refractivity contribution in [1.82, 2.24) is 31.0 Å². The van der Waals surface area contributed by atoms with Crippen LogP contribution in [0.3, 0.4) is 0 Å². The number of carbonyl (C=O) groups is 14. The van der Waals surface area contributed by atoms with Gasteiger partial charge in [-0.25, -0.2) is 4.79 Å². The number of aliphatic hydroxyl groups excluding tert-OH is 1. The van der Waals surface area contributed by atoms with Gasteiger partial charge >= 0.3 is 125 Å². The van der Waals surface area contributed by atoms with Crippen molar-refractivity contribution >= 4 is 220 Å². The number of hydrogen-bond donors (Lipinski definition) is 12. The minimum Gasteiger partial charge on any atom is -1.00 e. The Morgan fingerprint density at radius 2 is 0.912 bits per heavy atom. The zero-order chi connectivity index (χ0) is 71.4. The van der Waals surface area contributed by atoms with E-state index in [-0.39, 0.29) is 333 Å². The van der Waals surface area contributed by atoms with Crippen LogP contribution >= 0.6 is 121 Å². The Morgan fingerprint density at radius 1 is 0.569 bits per heavy atom. The molecule has 0 fully saturated rings. The summed E-state index contributed by atoms with van der Waals surface area (Å²) in [5.74, 6) is -4.74. The van der Waals surface area contributed by atoms with E-state index in [0.29, 0.717) is 86.7 Å². The van der Waals surface area contributed by atoms with Gasteiger partial charge in [0.2, 0.25) is 58.3 Å². The monoisotopic (exact) mass is 1940 g/mol. The summed E-state index contributed by atoms with van der Waals surface area (Å²) in [6.45, 7) is 21.5. The maximum absolute atomic E-state index is 11.2. The topological polar surface area (TPSA) is 605 Å². The Kier molecular flexibility index (Phi) is 192. The molecule has 8 amide bonds. The van der Waals surface area contributed by atoms with Crippen LogP contribution in [0.25, 0.3) is 0 Å². The third-order valence-corrected chi connectivity index (χ3v) is 15.3. The van der Waals surface area contributed by atoms with Crippen LogP contribution in [0, 0.1) is 11.3 Å². The van der Waals surface area contributed by atoms with Crippen molar-refractivity contribution in [2.45, 2.75) is 146 Å². The Labute approximate surface area is 743 Å². The predicted molar refractivity (Wildman–Crippen MR) is 402 cm³/mol. The number of rotatable bonds is 30. The van der Waals surface area contributed by atoms with Crippen LogP contribution < -0.4 is 228 Å². The van der Waals surface area contributed by atoms with E-state index in [0.717, 1.165) is 0 Å². The smallest absolute Gasteiger partial charge is 1.00 e. The molecule has 0 bridgehead atoms. The van der Waals surface area contributed by atoms with Crippen LogP contribution in [-0.2, 0) is 67.1 Å². The number of ketones is 7. The first kappa shape index (κ1) is 169. The number of hydrogen-bond acceptors (Lipinski definition) is 20. The summed E-state index contributed by atoms with van der Waals surface area (Å²) in [5.41, 5.74) is 1.81. The van der Waals surface area contributed by atoms with Crippen molar-refractivity contribution in [2.24, 2.45) is 11.7 Å². The zero-order valence-electron chi connectivity index (χ0n) is 61.3. The van der Waals surface area contributed by atoms with Gasteiger partial charge in [-0.2, -0.15) is 4.99 Å². The SMILES string of the molecule is C=C(CC(=O)CC)C(=O)NPP.CC(=O)C(=O)CPP.CC(=O)C(=[OH+])CPP.CC(=O)NC(C)(O)C(=O)NPP.CCC(=N)[O-].CCC(=O)CC(CO)C(=O)NPP.CCC(=O)NC(C)(O)C(=O)NPP.CCC(=O)[NH+]=C(C)C(=O)CPP.CCC(N)=O.O.O.O.[Br-].[Br-].[Br-].[Br-].[Li+].[Li+].[Li+].[Li+].[Li+].[Li+].[OH-]. The largest absolute Gasteiger partial charge is 1.00 e. The molecule has 32 nitrogen and oxygen atoms in total. The molecule has 0 saturated heterocycles. The van der Waals surface area contributed by atoms with Gasteiger partial charge in [0.1, 0.15) is 11.6 Å². The van der Waals surface area contributed by atoms with Gasteiger partial charge < -0.3 is 152 Å². The van der Waals surface area contributed by atoms with Crippen LogP contribution in [0.15, 0.2) is 12.2 Å². The summed E-state index contributed by atoms with van der Waals surface area (Å²) in [7, 11) is 19.0. The van der Waals surface area contributed by atoms with E-state index >= 15 is 0 Å². The normalized spacial score (nSPS) is 10.5. The quantitative estimate of drug-likeness (QED) is 0.00464. The fraction of sp³-hybridized carbons (Fsp3) is 0.587. The second-order valence-corrected chi connectivity index (χ2v) is 28.1. The maximum atomic E-state index is 11.2. The first-order valence-corrected chi connectivity index (χ1v) is 45.9. The fourth-order valence-corrected chi connectivity index (χ4v) is 9.68. The van der Waals surface area contributed by atoms with Crippen molar-refractivity contribution in [3.8, 4) is 0 Å². The van der Waals surface area contributed by atoms with E-state index in [1.54, 1.807) is 48.5 Å². The Hall–Kier alpha value is 3.77. The molecule has 0 heterocycles. The number of nitrogens with two attached hydrogens (primary N) is 1. The van der Waals surface area contributed by atoms with Gasteiger partial charge in [-0.05, 0) is 59.8 Å². The molecular formula is C46H105Br4Li6N9O23P14+2. The van der Waals surface area contributed by atoms with Crippen molar-refractivity contribution in [3.63, 3.8) is 0 Å². The van der Waals surface area contributed by atoms with Gasteiger partial charge in [-0.3, -0.25) is 67.1 Å². The number of halogens is 4. The molecule has 17 atom stereocenters. The van der Waals surface area contributed by atoms with Gasteiger partial charge in [0.05, 0.1) is 25.1 Å². The molecule has 0 aromatic carbocycles. The molecule has 0 aromatic rings. The predicted octanol–water partition coefficient (Wildman–Crippen LogP) is -31.4. The van der Waals surface area contributed by atoms with E-state index in [2.05, 4.69) is 111 Å². The molecule has 21 N–H and O–H groups in total. The van der Waals surface area contributed by atoms with Crippen molar-refractivity contribution < 1.29 is 300 Å². The van der Waals surface area contributed by atoms with E-state index in [1.807, 2.05) is 0 Å². The summed E-state index contributed by atoms with van der Waals surface area (Å²) < 4.78 is 0. The van der Waals surface area contributed by atoms with Crippen molar-refractivity contribution in [1.29, 1.82) is 5.41 Å². The third kappa shape index (κ3) is 127. The summed E-state index contributed by atoms with van der Waals surface area (Å²) in [6, 6.07) is 0. The molecule has 0 aliphatic heterocycles. The second-order valence-electron chi connectivity index (χ2n) is 16.5. The Bertz CT molecular complexity index is 2260. The molecule has 102 heavy (non-hydrogen) atoms. The van der Waals surface area contributed by atoms with E-state index in [4.69, 9.17) is 15.3 Å². The molecule has 0 aromatic heterocycles. The number of aliphatic hydroxyl groups is 3. The van der Waals surface area contributed by atoms with Gasteiger partial charge in [-0.1, -0.05) is 109 Å². The number of primary amides is 1. The molecule has 0 aliphatic carbocycles. The molecule has 0 spiro atoms. The Balaban J connectivity index is -0.0000000326. The molecule has 574 valence electrons. The molecule has 17 unspecified atom stereocenters. The average molecular weight is 1950 g/mol. The van der Waals surface area contributed by atoms with Gasteiger partial charge in [0.25, 0.3) is 17.6 Å². The van der Waals surface area contributed by atoms with Gasteiger partial charge in [-0.15, -0.1) is 26.8 Å². The van der Waals surface area contributed by atoms with Crippen LogP contribution in [0.2, 0.25) is 0 Å². The number of amides is 8. The fourth-order valence-electron chi connectivity index (χ4n) is 3.65. The third-order valence-electron chi connectivity index (χ3n) is 8.68. The molecule has 0 rings (SSSR count). The zero-order valence-corrected chi connectivity index (χ0v) is 82.7. The maximum Gasteiger partial charge on any atom is 1.00 e. The van der Waals surface area contributed by atoms with Crippen LogP contribution in [-0.4, -0.2) is 178 Å². The molecule has 56 heteroatoms. The van der Waals surface area contributed by atoms with Crippen LogP contribution in [0.5, 0.6) is 0 Å². The van der Waals surface area contributed by atoms with Crippen molar-refractivity contribution in [3.05, 3.63) is 12.2 Å². The average Bonchev–Trinajstić information content (AvgIpc) is 1.78.